The van der Waals surface area contributed by atoms with Crippen molar-refractivity contribution in [3.63, 3.8) is 0 Å². The topological polar surface area (TPSA) is 15.7 Å². The van der Waals surface area contributed by atoms with E-state index in [0.717, 1.165) is 25.6 Å². The van der Waals surface area contributed by atoms with Crippen LogP contribution in [0.4, 0.5) is 0 Å². The monoisotopic (exact) mass is 468 g/mol. The van der Waals surface area contributed by atoms with Crippen LogP contribution in [0, 0.1) is 5.92 Å². The predicted molar refractivity (Wildman–Crippen MR) is 145 cm³/mol. The van der Waals surface area contributed by atoms with Gasteiger partial charge in [-0.05, 0) is 85.5 Å². The number of benzene rings is 3. The zero-order chi connectivity index (χ0) is 23.9. The molecular formula is C32H40N2O. The lowest BCUT2D eigenvalue weighted by Crippen LogP contribution is -2.34. The van der Waals surface area contributed by atoms with Crippen molar-refractivity contribution >= 4 is 0 Å². The smallest absolute Gasteiger partial charge is 0.0618 e. The summed E-state index contributed by atoms with van der Waals surface area (Å²) in [6.45, 7) is 6.47. The SMILES string of the molecule is COC[C@H]1CCCN1Cc1cc(CN2CCC(Cc3ccccc3)CC2)ccc1-c1ccccc1. The first kappa shape index (κ1) is 24.2. The summed E-state index contributed by atoms with van der Waals surface area (Å²) in [6.07, 6.45) is 6.34. The average Bonchev–Trinajstić information content (AvgIpc) is 3.33. The molecule has 3 aromatic rings. The third-order valence-corrected chi connectivity index (χ3v) is 7.97. The zero-order valence-electron chi connectivity index (χ0n) is 21.2. The summed E-state index contributed by atoms with van der Waals surface area (Å²) in [5.41, 5.74) is 7.08. The Morgan fingerprint density at radius 3 is 2.26 bits per heavy atom. The zero-order valence-corrected chi connectivity index (χ0v) is 21.2. The van der Waals surface area contributed by atoms with Crippen LogP contribution in [-0.4, -0.2) is 49.2 Å². The van der Waals surface area contributed by atoms with Gasteiger partial charge in [-0.1, -0.05) is 78.9 Å². The van der Waals surface area contributed by atoms with Gasteiger partial charge in [0.15, 0.2) is 0 Å². The van der Waals surface area contributed by atoms with Crippen LogP contribution in [0.5, 0.6) is 0 Å². The molecule has 3 aromatic carbocycles. The maximum Gasteiger partial charge on any atom is 0.0618 e. The molecule has 0 radical (unpaired) electrons. The van der Waals surface area contributed by atoms with Crippen molar-refractivity contribution in [1.29, 1.82) is 0 Å². The van der Waals surface area contributed by atoms with Crippen molar-refractivity contribution in [3.8, 4) is 11.1 Å². The Hall–Kier alpha value is -2.46. The summed E-state index contributed by atoms with van der Waals surface area (Å²) in [4.78, 5) is 5.29. The van der Waals surface area contributed by atoms with Gasteiger partial charge < -0.3 is 4.74 Å². The Bertz CT molecular complexity index is 1040. The number of piperidine rings is 1. The lowest BCUT2D eigenvalue weighted by Gasteiger charge is -2.32. The fourth-order valence-corrected chi connectivity index (χ4v) is 6.03. The molecule has 2 aliphatic heterocycles. The fourth-order valence-electron chi connectivity index (χ4n) is 6.03. The van der Waals surface area contributed by atoms with E-state index in [4.69, 9.17) is 4.74 Å². The molecule has 35 heavy (non-hydrogen) atoms. The summed E-state index contributed by atoms with van der Waals surface area (Å²) in [7, 11) is 1.83. The van der Waals surface area contributed by atoms with E-state index in [0.29, 0.717) is 6.04 Å². The highest BCUT2D eigenvalue weighted by Crippen LogP contribution is 2.30. The lowest BCUT2D eigenvalue weighted by atomic mass is 9.90. The minimum atomic E-state index is 0.538. The maximum atomic E-state index is 5.53. The van der Waals surface area contributed by atoms with Crippen molar-refractivity contribution in [2.75, 3.05) is 33.4 Å². The van der Waals surface area contributed by atoms with Gasteiger partial charge in [0.1, 0.15) is 0 Å². The molecule has 0 aliphatic carbocycles. The molecule has 184 valence electrons. The standard InChI is InChI=1S/C32H40N2O/c1-35-25-31-13-8-18-34(31)24-30-22-28(14-15-32(30)29-11-6-3-7-12-29)23-33-19-16-27(17-20-33)21-26-9-4-2-5-10-26/h2-7,9-12,14-15,22,27,31H,8,13,16-21,23-25H2,1H3/t31-/m1/s1. The van der Waals surface area contributed by atoms with E-state index >= 15 is 0 Å². The van der Waals surface area contributed by atoms with Crippen LogP contribution in [0.3, 0.4) is 0 Å². The van der Waals surface area contributed by atoms with Gasteiger partial charge in [0, 0.05) is 26.2 Å². The van der Waals surface area contributed by atoms with Gasteiger partial charge in [-0.15, -0.1) is 0 Å². The van der Waals surface area contributed by atoms with E-state index in [-0.39, 0.29) is 0 Å². The van der Waals surface area contributed by atoms with Crippen LogP contribution in [0.1, 0.15) is 42.4 Å². The number of ether oxygens (including phenoxy) is 1. The van der Waals surface area contributed by atoms with Crippen molar-refractivity contribution in [2.45, 2.75) is 51.2 Å². The maximum absolute atomic E-state index is 5.53. The van der Waals surface area contributed by atoms with Crippen LogP contribution < -0.4 is 0 Å². The number of hydrogen-bond donors (Lipinski definition) is 0. The molecule has 3 nitrogen and oxygen atoms in total. The van der Waals surface area contributed by atoms with Crippen molar-refractivity contribution in [1.82, 2.24) is 9.80 Å². The molecule has 0 N–H and O–H groups in total. The second-order valence-electron chi connectivity index (χ2n) is 10.5. The summed E-state index contributed by atoms with van der Waals surface area (Å²) < 4.78 is 5.53. The molecule has 1 atom stereocenters. The van der Waals surface area contributed by atoms with Crippen LogP contribution in [0.15, 0.2) is 78.9 Å². The minimum Gasteiger partial charge on any atom is -0.383 e. The molecular weight excluding hydrogens is 428 g/mol. The van der Waals surface area contributed by atoms with Gasteiger partial charge in [-0.25, -0.2) is 0 Å². The third-order valence-electron chi connectivity index (χ3n) is 7.97. The quantitative estimate of drug-likeness (QED) is 0.360. The van der Waals surface area contributed by atoms with Crippen molar-refractivity contribution < 1.29 is 4.74 Å². The van der Waals surface area contributed by atoms with Crippen molar-refractivity contribution in [2.24, 2.45) is 5.92 Å². The van der Waals surface area contributed by atoms with Gasteiger partial charge in [0.25, 0.3) is 0 Å². The summed E-state index contributed by atoms with van der Waals surface area (Å²) in [5.74, 6) is 0.817. The molecule has 0 unspecified atom stereocenters. The first-order valence-electron chi connectivity index (χ1n) is 13.4. The van der Waals surface area contributed by atoms with E-state index < -0.39 is 0 Å². The molecule has 0 saturated carbocycles. The number of hydrogen-bond acceptors (Lipinski definition) is 3. The lowest BCUT2D eigenvalue weighted by molar-refractivity contribution is 0.112. The van der Waals surface area contributed by atoms with E-state index in [9.17, 15) is 0 Å². The second kappa shape index (κ2) is 12.0. The van der Waals surface area contributed by atoms with E-state index in [1.54, 1.807) is 0 Å². The Morgan fingerprint density at radius 2 is 1.51 bits per heavy atom. The van der Waals surface area contributed by atoms with Gasteiger partial charge >= 0.3 is 0 Å². The van der Waals surface area contributed by atoms with Crippen LogP contribution in [0.2, 0.25) is 0 Å². The van der Waals surface area contributed by atoms with Gasteiger partial charge in [-0.2, -0.15) is 0 Å². The molecule has 0 spiro atoms. The number of nitrogens with zero attached hydrogens (tertiary/aromatic N) is 2. The Balaban J connectivity index is 1.27. The summed E-state index contributed by atoms with van der Waals surface area (Å²) in [5, 5.41) is 0. The number of rotatable bonds is 9. The first-order chi connectivity index (χ1) is 17.3. The van der Waals surface area contributed by atoms with Gasteiger partial charge in [0.2, 0.25) is 0 Å². The largest absolute Gasteiger partial charge is 0.383 e. The molecule has 2 aliphatic rings. The first-order valence-corrected chi connectivity index (χ1v) is 13.4. The van der Waals surface area contributed by atoms with E-state index in [2.05, 4.69) is 88.7 Å². The highest BCUT2D eigenvalue weighted by Gasteiger charge is 2.25. The molecule has 0 bridgehead atoms. The molecule has 2 heterocycles. The third kappa shape index (κ3) is 6.41. The molecule has 3 heteroatoms. The van der Waals surface area contributed by atoms with Crippen LogP contribution in [-0.2, 0) is 24.2 Å². The number of likely N-dealkylation sites (tertiary alicyclic amines) is 2. The van der Waals surface area contributed by atoms with E-state index in [1.165, 1.54) is 79.6 Å². The average molecular weight is 469 g/mol. The minimum absolute atomic E-state index is 0.538. The summed E-state index contributed by atoms with van der Waals surface area (Å²) >= 11 is 0. The molecule has 0 amide bonds. The molecule has 0 aromatic heterocycles. The summed E-state index contributed by atoms with van der Waals surface area (Å²) in [6, 6.07) is 29.6. The van der Waals surface area contributed by atoms with Gasteiger partial charge in [-0.3, -0.25) is 9.80 Å². The molecule has 5 rings (SSSR count). The van der Waals surface area contributed by atoms with Crippen LogP contribution in [0.25, 0.3) is 11.1 Å². The molecule has 2 saturated heterocycles. The van der Waals surface area contributed by atoms with E-state index in [1.807, 2.05) is 7.11 Å². The Kier molecular flexibility index (Phi) is 8.30. The second-order valence-corrected chi connectivity index (χ2v) is 10.5. The Labute approximate surface area is 211 Å². The normalized spacial score (nSPS) is 19.9. The van der Waals surface area contributed by atoms with Crippen LogP contribution >= 0.6 is 0 Å². The molecule has 2 fully saturated rings. The number of methoxy groups -OCH3 is 1. The highest BCUT2D eigenvalue weighted by atomic mass is 16.5. The van der Waals surface area contributed by atoms with Gasteiger partial charge in [0.05, 0.1) is 6.61 Å². The van der Waals surface area contributed by atoms with Crippen molar-refractivity contribution in [3.05, 3.63) is 95.6 Å². The Morgan fingerprint density at radius 1 is 0.771 bits per heavy atom. The predicted octanol–water partition coefficient (Wildman–Crippen LogP) is 6.42. The fraction of sp³-hybridized carbons (Fsp3) is 0.438. The highest BCUT2D eigenvalue weighted by molar-refractivity contribution is 5.67.